The van der Waals surface area contributed by atoms with Crippen LogP contribution < -0.4 is 0 Å². The summed E-state index contributed by atoms with van der Waals surface area (Å²) in [6.07, 6.45) is 4.09. The highest BCUT2D eigenvalue weighted by Crippen LogP contribution is 2.36. The molecule has 1 aromatic carbocycles. The zero-order chi connectivity index (χ0) is 11.0. The smallest absolute Gasteiger partial charge is 0.0795 e. The molecule has 0 bridgehead atoms. The summed E-state index contributed by atoms with van der Waals surface area (Å²) in [5.41, 5.74) is 5.08. The molecular weight excluding hydrogens is 252 g/mol. The number of aliphatic hydroxyl groups excluding tert-OH is 1. The van der Waals surface area contributed by atoms with Gasteiger partial charge in [-0.15, -0.1) is 0 Å². The summed E-state index contributed by atoms with van der Waals surface area (Å²) in [5, 5.41) is 10.2. The topological polar surface area (TPSA) is 20.2 Å². The SMILES string of the molecule is Cc1cc(Br)c(C)c2c1CCCCC2O. The molecule has 1 N–H and O–H groups in total. The fourth-order valence-corrected chi connectivity index (χ4v) is 3.08. The Morgan fingerprint density at radius 2 is 2.07 bits per heavy atom. The van der Waals surface area contributed by atoms with Crippen molar-refractivity contribution in [2.75, 3.05) is 0 Å². The first-order valence-electron chi connectivity index (χ1n) is 5.58. The highest BCUT2D eigenvalue weighted by molar-refractivity contribution is 9.10. The van der Waals surface area contributed by atoms with Gasteiger partial charge in [-0.05, 0) is 61.4 Å². The lowest BCUT2D eigenvalue weighted by atomic mass is 9.92. The van der Waals surface area contributed by atoms with Gasteiger partial charge in [0.1, 0.15) is 0 Å². The molecule has 1 aromatic rings. The molecule has 1 unspecified atom stereocenters. The molecule has 2 heteroatoms. The minimum atomic E-state index is -0.265. The van der Waals surface area contributed by atoms with Crippen LogP contribution in [0.1, 0.15) is 47.6 Å². The third-order valence-electron chi connectivity index (χ3n) is 3.39. The molecule has 0 amide bonds. The second-order valence-corrected chi connectivity index (χ2v) is 5.31. The Labute approximate surface area is 99.6 Å². The monoisotopic (exact) mass is 268 g/mol. The number of benzene rings is 1. The van der Waals surface area contributed by atoms with E-state index in [-0.39, 0.29) is 6.10 Å². The van der Waals surface area contributed by atoms with Crippen molar-refractivity contribution in [3.8, 4) is 0 Å². The molecule has 0 fully saturated rings. The van der Waals surface area contributed by atoms with Crippen LogP contribution >= 0.6 is 15.9 Å². The van der Waals surface area contributed by atoms with Crippen LogP contribution in [0.3, 0.4) is 0 Å². The Kier molecular flexibility index (Phi) is 3.17. The normalized spacial score (nSPS) is 20.9. The van der Waals surface area contributed by atoms with Gasteiger partial charge in [-0.3, -0.25) is 0 Å². The molecule has 0 heterocycles. The molecule has 0 radical (unpaired) electrons. The van der Waals surface area contributed by atoms with E-state index in [1.807, 2.05) is 0 Å². The van der Waals surface area contributed by atoms with Crippen molar-refractivity contribution in [3.63, 3.8) is 0 Å². The number of rotatable bonds is 0. The van der Waals surface area contributed by atoms with Crippen LogP contribution in [0, 0.1) is 13.8 Å². The molecule has 2 rings (SSSR count). The highest BCUT2D eigenvalue weighted by Gasteiger charge is 2.21. The third-order valence-corrected chi connectivity index (χ3v) is 4.22. The maximum atomic E-state index is 10.2. The van der Waals surface area contributed by atoms with Crippen molar-refractivity contribution in [2.24, 2.45) is 0 Å². The summed E-state index contributed by atoms with van der Waals surface area (Å²) < 4.78 is 1.12. The lowest BCUT2D eigenvalue weighted by Gasteiger charge is -2.18. The molecule has 82 valence electrons. The fourth-order valence-electron chi connectivity index (χ4n) is 2.52. The summed E-state index contributed by atoms with van der Waals surface area (Å²) in [7, 11) is 0. The van der Waals surface area contributed by atoms with Crippen LogP contribution in [0.4, 0.5) is 0 Å². The van der Waals surface area contributed by atoms with Crippen molar-refractivity contribution in [1.82, 2.24) is 0 Å². The Balaban J connectivity index is 2.63. The van der Waals surface area contributed by atoms with Gasteiger partial charge in [0.25, 0.3) is 0 Å². The van der Waals surface area contributed by atoms with Crippen LogP contribution in [0.5, 0.6) is 0 Å². The van der Waals surface area contributed by atoms with E-state index in [2.05, 4.69) is 35.8 Å². The Bertz CT molecular complexity index is 385. The van der Waals surface area contributed by atoms with Gasteiger partial charge in [-0.1, -0.05) is 22.4 Å². The molecule has 0 aromatic heterocycles. The number of hydrogen-bond acceptors (Lipinski definition) is 1. The molecular formula is C13H17BrO. The summed E-state index contributed by atoms with van der Waals surface area (Å²) in [5.74, 6) is 0. The van der Waals surface area contributed by atoms with Crippen LogP contribution in [-0.2, 0) is 6.42 Å². The van der Waals surface area contributed by atoms with Crippen molar-refractivity contribution in [3.05, 3.63) is 32.8 Å². The molecule has 1 aliphatic rings. The fraction of sp³-hybridized carbons (Fsp3) is 0.538. The van der Waals surface area contributed by atoms with Gasteiger partial charge in [0.05, 0.1) is 6.10 Å². The number of fused-ring (bicyclic) bond motifs is 1. The molecule has 15 heavy (non-hydrogen) atoms. The van der Waals surface area contributed by atoms with E-state index in [4.69, 9.17) is 0 Å². The van der Waals surface area contributed by atoms with Gasteiger partial charge < -0.3 is 5.11 Å². The van der Waals surface area contributed by atoms with E-state index in [1.165, 1.54) is 28.7 Å². The van der Waals surface area contributed by atoms with E-state index in [9.17, 15) is 5.11 Å². The van der Waals surface area contributed by atoms with E-state index in [0.29, 0.717) is 0 Å². The van der Waals surface area contributed by atoms with Crippen LogP contribution in [0.2, 0.25) is 0 Å². The van der Waals surface area contributed by atoms with Gasteiger partial charge in [-0.25, -0.2) is 0 Å². The average Bonchev–Trinajstić information content (AvgIpc) is 2.37. The Morgan fingerprint density at radius 1 is 1.33 bits per heavy atom. The molecule has 0 saturated heterocycles. The van der Waals surface area contributed by atoms with E-state index < -0.39 is 0 Å². The lowest BCUT2D eigenvalue weighted by molar-refractivity contribution is 0.166. The average molecular weight is 269 g/mol. The maximum Gasteiger partial charge on any atom is 0.0795 e. The molecule has 0 aliphatic heterocycles. The second-order valence-electron chi connectivity index (χ2n) is 4.45. The molecule has 1 nitrogen and oxygen atoms in total. The number of aryl methyl sites for hydroxylation is 1. The quantitative estimate of drug-likeness (QED) is 0.710. The molecule has 0 saturated carbocycles. The molecule has 1 atom stereocenters. The summed E-state index contributed by atoms with van der Waals surface area (Å²) in [6.45, 7) is 4.23. The van der Waals surface area contributed by atoms with Crippen molar-refractivity contribution < 1.29 is 5.11 Å². The van der Waals surface area contributed by atoms with Gasteiger partial charge >= 0.3 is 0 Å². The number of hydrogen-bond donors (Lipinski definition) is 1. The predicted octanol–water partition coefficient (Wildman–Crippen LogP) is 3.83. The van der Waals surface area contributed by atoms with Crippen LogP contribution in [0.25, 0.3) is 0 Å². The molecule has 1 aliphatic carbocycles. The van der Waals surface area contributed by atoms with Crippen LogP contribution in [-0.4, -0.2) is 5.11 Å². The van der Waals surface area contributed by atoms with E-state index >= 15 is 0 Å². The van der Waals surface area contributed by atoms with Crippen molar-refractivity contribution in [2.45, 2.75) is 45.6 Å². The Morgan fingerprint density at radius 3 is 2.80 bits per heavy atom. The standard InChI is InChI=1S/C13H17BrO/c1-8-7-11(14)9(2)13-10(8)5-3-4-6-12(13)15/h7,12,15H,3-6H2,1-2H3. The van der Waals surface area contributed by atoms with E-state index in [1.54, 1.807) is 0 Å². The number of aliphatic hydroxyl groups is 1. The third kappa shape index (κ3) is 1.98. The first-order valence-corrected chi connectivity index (χ1v) is 6.37. The van der Waals surface area contributed by atoms with Gasteiger partial charge in [0.15, 0.2) is 0 Å². The zero-order valence-corrected chi connectivity index (χ0v) is 10.9. The minimum Gasteiger partial charge on any atom is -0.388 e. The lowest BCUT2D eigenvalue weighted by Crippen LogP contribution is -2.04. The van der Waals surface area contributed by atoms with Crippen molar-refractivity contribution in [1.29, 1.82) is 0 Å². The van der Waals surface area contributed by atoms with E-state index in [0.717, 1.165) is 23.7 Å². The van der Waals surface area contributed by atoms with Gasteiger partial charge in [0.2, 0.25) is 0 Å². The summed E-state index contributed by atoms with van der Waals surface area (Å²) in [4.78, 5) is 0. The summed E-state index contributed by atoms with van der Waals surface area (Å²) >= 11 is 3.57. The van der Waals surface area contributed by atoms with Gasteiger partial charge in [0, 0.05) is 4.47 Å². The Hall–Kier alpha value is -0.340. The minimum absolute atomic E-state index is 0.265. The highest BCUT2D eigenvalue weighted by atomic mass is 79.9. The summed E-state index contributed by atoms with van der Waals surface area (Å²) in [6, 6.07) is 2.17. The van der Waals surface area contributed by atoms with Gasteiger partial charge in [-0.2, -0.15) is 0 Å². The van der Waals surface area contributed by atoms with Crippen molar-refractivity contribution >= 4 is 15.9 Å². The van der Waals surface area contributed by atoms with Crippen LogP contribution in [0.15, 0.2) is 10.5 Å². The largest absolute Gasteiger partial charge is 0.388 e. The molecule has 0 spiro atoms. The number of halogens is 1. The first kappa shape index (κ1) is 11.2. The predicted molar refractivity (Wildman–Crippen MR) is 66.1 cm³/mol. The zero-order valence-electron chi connectivity index (χ0n) is 9.31. The maximum absolute atomic E-state index is 10.2. The first-order chi connectivity index (χ1) is 7.11. The second kappa shape index (κ2) is 4.26.